The van der Waals surface area contributed by atoms with E-state index in [-0.39, 0.29) is 24.5 Å². The van der Waals surface area contributed by atoms with Gasteiger partial charge in [-0.1, -0.05) is 0 Å². The second-order valence-corrected chi connectivity index (χ2v) is 6.30. The number of ether oxygens (including phenoxy) is 1. The third kappa shape index (κ3) is 6.48. The van der Waals surface area contributed by atoms with Gasteiger partial charge in [0.05, 0.1) is 6.07 Å². The first-order valence-corrected chi connectivity index (χ1v) is 7.47. The second-order valence-electron chi connectivity index (χ2n) is 6.30. The third-order valence-electron chi connectivity index (χ3n) is 3.28. The molecule has 1 unspecified atom stereocenters. The SMILES string of the molecule is CC(C)(C)OC(=O)N1CCCC1CCCNC(=O)CC#N. The maximum absolute atomic E-state index is 12.1. The molecule has 0 aromatic rings. The standard InChI is InChI=1S/C15H25N3O3/c1-15(2,3)21-14(20)18-11-5-7-12(18)6-4-10-17-13(19)8-9-16/h12H,4-8,10-11H2,1-3H3,(H,17,19). The molecule has 6 nitrogen and oxygen atoms in total. The second kappa shape index (κ2) is 7.87. The Morgan fingerprint density at radius 3 is 2.76 bits per heavy atom. The van der Waals surface area contributed by atoms with Crippen molar-refractivity contribution in [2.45, 2.75) is 64.5 Å². The van der Waals surface area contributed by atoms with E-state index in [0.717, 1.165) is 32.2 Å². The molecule has 6 heteroatoms. The van der Waals surface area contributed by atoms with Crippen molar-refractivity contribution in [2.75, 3.05) is 13.1 Å². The number of nitrogens with zero attached hydrogens (tertiary/aromatic N) is 2. The topological polar surface area (TPSA) is 82.4 Å². The molecule has 1 fully saturated rings. The number of nitrogens with one attached hydrogen (secondary N) is 1. The molecule has 1 atom stereocenters. The lowest BCUT2D eigenvalue weighted by molar-refractivity contribution is -0.120. The van der Waals surface area contributed by atoms with E-state index in [1.165, 1.54) is 0 Å². The Labute approximate surface area is 126 Å². The van der Waals surface area contributed by atoms with Gasteiger partial charge in [-0.25, -0.2) is 4.79 Å². The summed E-state index contributed by atoms with van der Waals surface area (Å²) in [4.78, 5) is 25.0. The minimum Gasteiger partial charge on any atom is -0.444 e. The van der Waals surface area contributed by atoms with Crippen LogP contribution in [0.2, 0.25) is 0 Å². The van der Waals surface area contributed by atoms with Gasteiger partial charge in [-0.2, -0.15) is 5.26 Å². The molecule has 1 aliphatic heterocycles. The summed E-state index contributed by atoms with van der Waals surface area (Å²) in [5, 5.41) is 11.1. The number of hydrogen-bond donors (Lipinski definition) is 1. The van der Waals surface area contributed by atoms with Gasteiger partial charge < -0.3 is 15.0 Å². The first-order chi connectivity index (χ1) is 9.83. The zero-order chi connectivity index (χ0) is 15.9. The fourth-order valence-corrected chi connectivity index (χ4v) is 2.40. The minimum atomic E-state index is -0.477. The third-order valence-corrected chi connectivity index (χ3v) is 3.28. The summed E-state index contributed by atoms with van der Waals surface area (Å²) in [5.74, 6) is -0.243. The van der Waals surface area contributed by atoms with E-state index >= 15 is 0 Å². The average Bonchev–Trinajstić information content (AvgIpc) is 2.81. The zero-order valence-corrected chi connectivity index (χ0v) is 13.1. The molecule has 0 spiro atoms. The zero-order valence-electron chi connectivity index (χ0n) is 13.1. The summed E-state index contributed by atoms with van der Waals surface area (Å²) < 4.78 is 5.41. The Morgan fingerprint density at radius 1 is 1.43 bits per heavy atom. The van der Waals surface area contributed by atoms with Crippen LogP contribution in [0.3, 0.4) is 0 Å². The Bertz CT molecular complexity index is 409. The number of carbonyl (C=O) groups is 2. The predicted octanol–water partition coefficient (Wildman–Crippen LogP) is 2.20. The van der Waals surface area contributed by atoms with Gasteiger partial charge in [-0.3, -0.25) is 4.79 Å². The van der Waals surface area contributed by atoms with E-state index in [2.05, 4.69) is 5.32 Å². The molecule has 0 aromatic carbocycles. The van der Waals surface area contributed by atoms with Gasteiger partial charge in [0.25, 0.3) is 0 Å². The molecule has 1 N–H and O–H groups in total. The summed E-state index contributed by atoms with van der Waals surface area (Å²) in [6, 6.07) is 2.00. The van der Waals surface area contributed by atoms with Crippen LogP contribution in [0, 0.1) is 11.3 Å². The fourth-order valence-electron chi connectivity index (χ4n) is 2.40. The van der Waals surface area contributed by atoms with E-state index in [9.17, 15) is 9.59 Å². The molecular formula is C15H25N3O3. The van der Waals surface area contributed by atoms with E-state index in [1.54, 1.807) is 4.90 Å². The first kappa shape index (κ1) is 17.3. The average molecular weight is 295 g/mol. The molecule has 1 aliphatic rings. The van der Waals surface area contributed by atoms with Crippen molar-refractivity contribution in [1.29, 1.82) is 5.26 Å². The first-order valence-electron chi connectivity index (χ1n) is 7.47. The molecular weight excluding hydrogens is 270 g/mol. The van der Waals surface area contributed by atoms with Crippen LogP contribution >= 0.6 is 0 Å². The van der Waals surface area contributed by atoms with Crippen LogP contribution in [0.4, 0.5) is 4.79 Å². The molecule has 0 aliphatic carbocycles. The maximum atomic E-state index is 12.1. The highest BCUT2D eigenvalue weighted by molar-refractivity contribution is 5.77. The largest absolute Gasteiger partial charge is 0.444 e. The molecule has 118 valence electrons. The van der Waals surface area contributed by atoms with Crippen molar-refractivity contribution in [2.24, 2.45) is 0 Å². The molecule has 0 aromatic heterocycles. The van der Waals surface area contributed by atoms with Crippen molar-refractivity contribution in [1.82, 2.24) is 10.2 Å². The highest BCUT2D eigenvalue weighted by atomic mass is 16.6. The van der Waals surface area contributed by atoms with Gasteiger partial charge in [0.2, 0.25) is 5.91 Å². The van der Waals surface area contributed by atoms with Crippen LogP contribution in [0.1, 0.15) is 52.9 Å². The lowest BCUT2D eigenvalue weighted by atomic mass is 10.1. The predicted molar refractivity (Wildman–Crippen MR) is 78.4 cm³/mol. The van der Waals surface area contributed by atoms with Gasteiger partial charge in [0.15, 0.2) is 0 Å². The number of hydrogen-bond acceptors (Lipinski definition) is 4. The highest BCUT2D eigenvalue weighted by Crippen LogP contribution is 2.23. The van der Waals surface area contributed by atoms with Gasteiger partial charge in [-0.15, -0.1) is 0 Å². The van der Waals surface area contributed by atoms with Crippen LogP contribution in [0.25, 0.3) is 0 Å². The Balaban J connectivity index is 2.32. The summed E-state index contributed by atoms with van der Waals surface area (Å²) in [7, 11) is 0. The number of likely N-dealkylation sites (tertiary alicyclic amines) is 1. The summed E-state index contributed by atoms with van der Waals surface area (Å²) in [5.41, 5.74) is -0.477. The van der Waals surface area contributed by atoms with Crippen molar-refractivity contribution in [3.63, 3.8) is 0 Å². The quantitative estimate of drug-likeness (QED) is 0.788. The van der Waals surface area contributed by atoms with Crippen molar-refractivity contribution >= 4 is 12.0 Å². The number of rotatable bonds is 5. The van der Waals surface area contributed by atoms with Crippen LogP contribution in [-0.2, 0) is 9.53 Å². The maximum Gasteiger partial charge on any atom is 0.410 e. The van der Waals surface area contributed by atoms with E-state index in [0.29, 0.717) is 6.54 Å². The summed E-state index contributed by atoms with van der Waals surface area (Å²) >= 11 is 0. The Hall–Kier alpha value is -1.77. The monoisotopic (exact) mass is 295 g/mol. The highest BCUT2D eigenvalue weighted by Gasteiger charge is 2.31. The van der Waals surface area contributed by atoms with Crippen LogP contribution < -0.4 is 5.32 Å². The lowest BCUT2D eigenvalue weighted by Crippen LogP contribution is -2.40. The molecule has 2 amide bonds. The molecule has 21 heavy (non-hydrogen) atoms. The van der Waals surface area contributed by atoms with E-state index in [1.807, 2.05) is 26.8 Å². The van der Waals surface area contributed by atoms with Crippen molar-refractivity contribution in [3.8, 4) is 6.07 Å². The van der Waals surface area contributed by atoms with Gasteiger partial charge in [-0.05, 0) is 46.5 Å². The Morgan fingerprint density at radius 2 is 2.14 bits per heavy atom. The molecule has 1 rings (SSSR count). The minimum absolute atomic E-state index is 0.104. The normalized spacial score (nSPS) is 18.2. The van der Waals surface area contributed by atoms with E-state index in [4.69, 9.17) is 10.00 Å². The molecule has 0 bridgehead atoms. The molecule has 0 radical (unpaired) electrons. The number of amides is 2. The van der Waals surface area contributed by atoms with Crippen LogP contribution in [0.5, 0.6) is 0 Å². The van der Waals surface area contributed by atoms with Gasteiger partial charge in [0.1, 0.15) is 12.0 Å². The van der Waals surface area contributed by atoms with E-state index < -0.39 is 5.60 Å². The Kier molecular flexibility index (Phi) is 6.47. The van der Waals surface area contributed by atoms with Crippen LogP contribution in [-0.4, -0.2) is 41.6 Å². The number of carbonyl (C=O) groups excluding carboxylic acids is 2. The van der Waals surface area contributed by atoms with Crippen molar-refractivity contribution in [3.05, 3.63) is 0 Å². The summed E-state index contributed by atoms with van der Waals surface area (Å²) in [6.07, 6.45) is 3.25. The van der Waals surface area contributed by atoms with Gasteiger partial charge in [0, 0.05) is 19.1 Å². The van der Waals surface area contributed by atoms with Crippen LogP contribution in [0.15, 0.2) is 0 Å². The molecule has 1 heterocycles. The smallest absolute Gasteiger partial charge is 0.410 e. The van der Waals surface area contributed by atoms with Crippen molar-refractivity contribution < 1.29 is 14.3 Å². The summed E-state index contributed by atoms with van der Waals surface area (Å²) in [6.45, 7) is 6.86. The molecule has 1 saturated heterocycles. The van der Waals surface area contributed by atoms with Gasteiger partial charge >= 0.3 is 6.09 Å². The lowest BCUT2D eigenvalue weighted by Gasteiger charge is -2.28. The molecule has 0 saturated carbocycles. The fraction of sp³-hybridized carbons (Fsp3) is 0.800. The number of nitriles is 1.